The molecule has 0 bridgehead atoms. The number of aromatic nitrogens is 2. The molecule has 0 saturated heterocycles. The van der Waals surface area contributed by atoms with Gasteiger partial charge in [-0.1, -0.05) is 6.07 Å². The van der Waals surface area contributed by atoms with Crippen molar-refractivity contribution in [1.82, 2.24) is 9.55 Å². The summed E-state index contributed by atoms with van der Waals surface area (Å²) in [5, 5.41) is 0. The van der Waals surface area contributed by atoms with E-state index in [-0.39, 0.29) is 5.75 Å². The van der Waals surface area contributed by atoms with Crippen LogP contribution in [0.3, 0.4) is 0 Å². The molecule has 3 aromatic rings. The summed E-state index contributed by atoms with van der Waals surface area (Å²) in [6.45, 7) is 0. The van der Waals surface area contributed by atoms with Gasteiger partial charge in [0.25, 0.3) is 0 Å². The highest BCUT2D eigenvalue weighted by atomic mass is 19.1. The summed E-state index contributed by atoms with van der Waals surface area (Å²) in [7, 11) is 2.99. The Morgan fingerprint density at radius 2 is 1.86 bits per heavy atom. The second kappa shape index (κ2) is 4.97. The molecule has 2 N–H and O–H groups in total. The molecular formula is C15H14FN3O2. The number of nitrogen functional groups attached to an aromatic ring is 1. The monoisotopic (exact) mass is 287 g/mol. The first kappa shape index (κ1) is 13.2. The van der Waals surface area contributed by atoms with E-state index in [1.807, 2.05) is 18.2 Å². The number of nitrogens with two attached hydrogens (primary N) is 1. The van der Waals surface area contributed by atoms with Crippen molar-refractivity contribution in [3.05, 3.63) is 42.2 Å². The van der Waals surface area contributed by atoms with Crippen LogP contribution in [0.25, 0.3) is 16.7 Å². The van der Waals surface area contributed by atoms with E-state index in [0.29, 0.717) is 22.9 Å². The first-order valence-electron chi connectivity index (χ1n) is 6.30. The van der Waals surface area contributed by atoms with Crippen molar-refractivity contribution in [1.29, 1.82) is 0 Å². The van der Waals surface area contributed by atoms with Crippen LogP contribution in [0.4, 0.5) is 10.3 Å². The van der Waals surface area contributed by atoms with E-state index in [9.17, 15) is 4.39 Å². The zero-order valence-corrected chi connectivity index (χ0v) is 11.6. The molecule has 3 rings (SSSR count). The van der Waals surface area contributed by atoms with Gasteiger partial charge in [-0.05, 0) is 24.3 Å². The maximum atomic E-state index is 13.5. The molecule has 0 saturated carbocycles. The topological polar surface area (TPSA) is 62.3 Å². The van der Waals surface area contributed by atoms with Crippen LogP contribution in [0.15, 0.2) is 36.4 Å². The van der Waals surface area contributed by atoms with Crippen LogP contribution in [0.2, 0.25) is 0 Å². The Kier molecular flexibility index (Phi) is 3.13. The summed E-state index contributed by atoms with van der Waals surface area (Å²) in [4.78, 5) is 4.32. The van der Waals surface area contributed by atoms with E-state index in [2.05, 4.69) is 4.98 Å². The average molecular weight is 287 g/mol. The Balaban J connectivity index is 2.27. The number of methoxy groups -OCH3 is 2. The van der Waals surface area contributed by atoms with Crippen molar-refractivity contribution in [2.24, 2.45) is 0 Å². The van der Waals surface area contributed by atoms with Crippen molar-refractivity contribution in [3.8, 4) is 17.2 Å². The number of fused-ring (bicyclic) bond motifs is 1. The Morgan fingerprint density at radius 3 is 2.57 bits per heavy atom. The van der Waals surface area contributed by atoms with Gasteiger partial charge in [-0.25, -0.2) is 9.37 Å². The summed E-state index contributed by atoms with van der Waals surface area (Å²) in [6, 6.07) is 10.1. The number of benzene rings is 2. The third-order valence-corrected chi connectivity index (χ3v) is 3.29. The molecule has 0 unspecified atom stereocenters. The fraction of sp³-hybridized carbons (Fsp3) is 0.133. The van der Waals surface area contributed by atoms with Gasteiger partial charge in [0.1, 0.15) is 11.3 Å². The molecule has 21 heavy (non-hydrogen) atoms. The predicted molar refractivity (Wildman–Crippen MR) is 78.5 cm³/mol. The number of halogens is 1. The Bertz CT molecular complexity index is 814. The maximum absolute atomic E-state index is 13.5. The zero-order chi connectivity index (χ0) is 15.0. The first-order chi connectivity index (χ1) is 10.2. The van der Waals surface area contributed by atoms with Crippen molar-refractivity contribution in [3.63, 3.8) is 0 Å². The number of ether oxygens (including phenoxy) is 2. The third kappa shape index (κ3) is 2.05. The van der Waals surface area contributed by atoms with Crippen molar-refractivity contribution >= 4 is 17.0 Å². The molecule has 0 atom stereocenters. The Hall–Kier alpha value is -2.76. The number of imidazole rings is 1. The maximum Gasteiger partial charge on any atom is 0.206 e. The van der Waals surface area contributed by atoms with Crippen molar-refractivity contribution < 1.29 is 13.9 Å². The molecule has 108 valence electrons. The van der Waals surface area contributed by atoms with Gasteiger partial charge in [0.15, 0.2) is 11.6 Å². The van der Waals surface area contributed by atoms with E-state index < -0.39 is 5.82 Å². The first-order valence-corrected chi connectivity index (χ1v) is 6.30. The van der Waals surface area contributed by atoms with Gasteiger partial charge in [0, 0.05) is 6.07 Å². The Labute approximate surface area is 120 Å². The highest BCUT2D eigenvalue weighted by molar-refractivity contribution is 5.86. The molecule has 6 heteroatoms. The third-order valence-electron chi connectivity index (χ3n) is 3.29. The van der Waals surface area contributed by atoms with E-state index in [1.54, 1.807) is 23.8 Å². The lowest BCUT2D eigenvalue weighted by Gasteiger charge is -2.09. The fourth-order valence-corrected chi connectivity index (χ4v) is 2.32. The number of hydrogen-bond donors (Lipinski definition) is 1. The van der Waals surface area contributed by atoms with Gasteiger partial charge in [-0.2, -0.15) is 0 Å². The minimum atomic E-state index is -0.429. The van der Waals surface area contributed by atoms with Gasteiger partial charge in [0.05, 0.1) is 25.4 Å². The molecule has 0 amide bonds. The normalized spacial score (nSPS) is 10.8. The van der Waals surface area contributed by atoms with Gasteiger partial charge in [-0.15, -0.1) is 0 Å². The highest BCUT2D eigenvalue weighted by Crippen LogP contribution is 2.31. The summed E-state index contributed by atoms with van der Waals surface area (Å²) in [5.74, 6) is 0.647. The quantitative estimate of drug-likeness (QED) is 0.804. The molecule has 5 nitrogen and oxygen atoms in total. The molecule has 0 radical (unpaired) electrons. The molecule has 0 spiro atoms. The summed E-state index contributed by atoms with van der Waals surface area (Å²) in [5.41, 5.74) is 8.10. The molecule has 0 fully saturated rings. The van der Waals surface area contributed by atoms with Crippen LogP contribution in [-0.2, 0) is 0 Å². The van der Waals surface area contributed by atoms with Crippen LogP contribution < -0.4 is 15.2 Å². The smallest absolute Gasteiger partial charge is 0.206 e. The minimum Gasteiger partial charge on any atom is -0.494 e. The van der Waals surface area contributed by atoms with E-state index in [4.69, 9.17) is 15.2 Å². The molecule has 2 aromatic carbocycles. The zero-order valence-electron chi connectivity index (χ0n) is 11.6. The van der Waals surface area contributed by atoms with Crippen LogP contribution >= 0.6 is 0 Å². The molecule has 0 aliphatic rings. The molecule has 1 aromatic heterocycles. The van der Waals surface area contributed by atoms with E-state index in [0.717, 1.165) is 5.52 Å². The van der Waals surface area contributed by atoms with Crippen LogP contribution in [-0.4, -0.2) is 23.8 Å². The lowest BCUT2D eigenvalue weighted by Crippen LogP contribution is -2.01. The van der Waals surface area contributed by atoms with E-state index in [1.165, 1.54) is 13.2 Å². The van der Waals surface area contributed by atoms with Gasteiger partial charge in [-0.3, -0.25) is 4.57 Å². The lowest BCUT2D eigenvalue weighted by atomic mass is 10.2. The predicted octanol–water partition coefficient (Wildman–Crippen LogP) is 2.76. The number of para-hydroxylation sites is 1. The number of hydrogen-bond acceptors (Lipinski definition) is 4. The lowest BCUT2D eigenvalue weighted by molar-refractivity contribution is 0.386. The SMILES string of the molecule is COc1cc(-n2c(N)nc3c(OC)cccc32)ccc1F. The van der Waals surface area contributed by atoms with Crippen LogP contribution in [0.5, 0.6) is 11.5 Å². The number of nitrogens with zero attached hydrogens (tertiary/aromatic N) is 2. The van der Waals surface area contributed by atoms with Gasteiger partial charge in [0.2, 0.25) is 5.95 Å². The average Bonchev–Trinajstić information content (AvgIpc) is 2.83. The highest BCUT2D eigenvalue weighted by Gasteiger charge is 2.14. The van der Waals surface area contributed by atoms with E-state index >= 15 is 0 Å². The second-order valence-corrected chi connectivity index (χ2v) is 4.45. The standard InChI is InChI=1S/C15H14FN3O2/c1-20-12-5-3-4-11-14(12)18-15(17)19(11)9-6-7-10(16)13(8-9)21-2/h3-8H,1-2H3,(H2,17,18). The minimum absolute atomic E-state index is 0.150. The van der Waals surface area contributed by atoms with Gasteiger partial charge >= 0.3 is 0 Å². The van der Waals surface area contributed by atoms with Crippen molar-refractivity contribution in [2.45, 2.75) is 0 Å². The Morgan fingerprint density at radius 1 is 1.10 bits per heavy atom. The fourth-order valence-electron chi connectivity index (χ4n) is 2.32. The molecule has 1 heterocycles. The number of anilines is 1. The summed E-state index contributed by atoms with van der Waals surface area (Å²) in [6.07, 6.45) is 0. The second-order valence-electron chi connectivity index (χ2n) is 4.45. The largest absolute Gasteiger partial charge is 0.494 e. The van der Waals surface area contributed by atoms with Crippen LogP contribution in [0.1, 0.15) is 0 Å². The number of rotatable bonds is 3. The summed E-state index contributed by atoms with van der Waals surface area (Å²) < 4.78 is 25.6. The van der Waals surface area contributed by atoms with Crippen LogP contribution in [0, 0.1) is 5.82 Å². The van der Waals surface area contributed by atoms with Crippen molar-refractivity contribution in [2.75, 3.05) is 20.0 Å². The summed E-state index contributed by atoms with van der Waals surface area (Å²) >= 11 is 0. The molecule has 0 aliphatic heterocycles. The molecule has 0 aliphatic carbocycles. The van der Waals surface area contributed by atoms with Gasteiger partial charge < -0.3 is 15.2 Å². The molecular weight excluding hydrogens is 273 g/mol.